The van der Waals surface area contributed by atoms with Gasteiger partial charge in [0, 0.05) is 51.3 Å². The molecule has 1 aliphatic heterocycles. The second kappa shape index (κ2) is 9.39. The van der Waals surface area contributed by atoms with Gasteiger partial charge >= 0.3 is 0 Å². The molecule has 3 rings (SSSR count). The highest BCUT2D eigenvalue weighted by atomic mass is 16.6. The van der Waals surface area contributed by atoms with Crippen LogP contribution in [-0.4, -0.2) is 54.4 Å². The third-order valence-electron chi connectivity index (χ3n) is 5.44. The Kier molecular flexibility index (Phi) is 6.66. The minimum absolute atomic E-state index is 0.000833. The molecule has 1 atom stereocenters. The van der Waals surface area contributed by atoms with Crippen LogP contribution in [0.15, 0.2) is 48.5 Å². The first-order chi connectivity index (χ1) is 14.4. The number of anilines is 1. The zero-order chi connectivity index (χ0) is 21.7. The number of nitro benzene ring substituents is 1. The number of hydrogen-bond acceptors (Lipinski definition) is 5. The number of piperazine rings is 1. The summed E-state index contributed by atoms with van der Waals surface area (Å²) < 4.78 is 0. The zero-order valence-corrected chi connectivity index (χ0v) is 17.2. The van der Waals surface area contributed by atoms with E-state index >= 15 is 0 Å². The first kappa shape index (κ1) is 21.3. The summed E-state index contributed by atoms with van der Waals surface area (Å²) >= 11 is 0. The third kappa shape index (κ3) is 4.94. The molecule has 0 spiro atoms. The molecule has 1 saturated heterocycles. The Morgan fingerprint density at radius 3 is 2.37 bits per heavy atom. The number of hydrogen-bond donors (Lipinski definition) is 1. The number of nitrogens with one attached hydrogen (secondary N) is 1. The van der Waals surface area contributed by atoms with Crippen molar-refractivity contribution in [3.8, 4) is 0 Å². The molecule has 1 aliphatic rings. The van der Waals surface area contributed by atoms with Crippen LogP contribution in [0, 0.1) is 10.1 Å². The number of benzene rings is 2. The number of nitro groups is 1. The minimum Gasteiger partial charge on any atom is -0.362 e. The lowest BCUT2D eigenvalue weighted by Gasteiger charge is -2.35. The third-order valence-corrected chi connectivity index (χ3v) is 5.44. The van der Waals surface area contributed by atoms with Gasteiger partial charge < -0.3 is 15.1 Å². The summed E-state index contributed by atoms with van der Waals surface area (Å²) in [5.74, 6) is -0.211. The molecule has 0 unspecified atom stereocenters. The summed E-state index contributed by atoms with van der Waals surface area (Å²) in [6, 6.07) is 14.4. The summed E-state index contributed by atoms with van der Waals surface area (Å²) in [4.78, 5) is 38.9. The monoisotopic (exact) mass is 410 g/mol. The number of nitrogens with zero attached hydrogens (tertiary/aromatic N) is 3. The quantitative estimate of drug-likeness (QED) is 0.584. The Balaban J connectivity index is 1.69. The Morgan fingerprint density at radius 2 is 1.77 bits per heavy atom. The fraction of sp³-hybridized carbons (Fsp3) is 0.364. The Hall–Kier alpha value is -3.42. The largest absolute Gasteiger partial charge is 0.362 e. The normalized spacial score (nSPS) is 14.9. The van der Waals surface area contributed by atoms with E-state index in [1.165, 1.54) is 13.0 Å². The van der Waals surface area contributed by atoms with E-state index in [1.54, 1.807) is 17.0 Å². The van der Waals surface area contributed by atoms with Crippen molar-refractivity contribution in [1.29, 1.82) is 0 Å². The molecule has 0 radical (unpaired) electrons. The van der Waals surface area contributed by atoms with E-state index in [1.807, 2.05) is 42.2 Å². The van der Waals surface area contributed by atoms with Gasteiger partial charge in [-0.25, -0.2) is 0 Å². The standard InChI is InChI=1S/C22H26N4O4/c1-16(18-6-4-3-5-7-18)15-23-22(28)19-8-9-20(21(14-19)26(29)30)25-12-10-24(11-13-25)17(2)27/h3-9,14,16H,10-13,15H2,1-2H3,(H,23,28)/t16-/m1/s1. The molecule has 158 valence electrons. The predicted molar refractivity (Wildman–Crippen MR) is 115 cm³/mol. The van der Waals surface area contributed by atoms with E-state index < -0.39 is 4.92 Å². The Morgan fingerprint density at radius 1 is 1.10 bits per heavy atom. The molecule has 0 aliphatic carbocycles. The van der Waals surface area contributed by atoms with Crippen molar-refractivity contribution in [2.75, 3.05) is 37.6 Å². The Labute approximate surface area is 175 Å². The lowest BCUT2D eigenvalue weighted by Crippen LogP contribution is -2.48. The average Bonchev–Trinajstić information content (AvgIpc) is 2.77. The Bertz CT molecular complexity index is 924. The van der Waals surface area contributed by atoms with Crippen LogP contribution in [-0.2, 0) is 4.79 Å². The maximum atomic E-state index is 12.6. The summed E-state index contributed by atoms with van der Waals surface area (Å²) in [7, 11) is 0. The molecule has 2 amide bonds. The molecule has 1 fully saturated rings. The second-order valence-electron chi connectivity index (χ2n) is 7.48. The van der Waals surface area contributed by atoms with E-state index in [4.69, 9.17) is 0 Å². The lowest BCUT2D eigenvalue weighted by molar-refractivity contribution is -0.384. The lowest BCUT2D eigenvalue weighted by atomic mass is 10.0. The predicted octanol–water partition coefficient (Wildman–Crippen LogP) is 2.80. The smallest absolute Gasteiger partial charge is 0.293 e. The van der Waals surface area contributed by atoms with E-state index in [-0.39, 0.29) is 29.0 Å². The maximum Gasteiger partial charge on any atom is 0.293 e. The van der Waals surface area contributed by atoms with Crippen LogP contribution in [0.2, 0.25) is 0 Å². The first-order valence-electron chi connectivity index (χ1n) is 9.99. The van der Waals surface area contributed by atoms with E-state index in [0.29, 0.717) is 38.4 Å². The molecular weight excluding hydrogens is 384 g/mol. The van der Waals surface area contributed by atoms with Crippen molar-refractivity contribution < 1.29 is 14.5 Å². The van der Waals surface area contributed by atoms with Gasteiger partial charge in [0.15, 0.2) is 0 Å². The van der Waals surface area contributed by atoms with E-state index in [0.717, 1.165) is 5.56 Å². The van der Waals surface area contributed by atoms with Gasteiger partial charge in [0.25, 0.3) is 11.6 Å². The molecule has 30 heavy (non-hydrogen) atoms. The summed E-state index contributed by atoms with van der Waals surface area (Å²) in [6.07, 6.45) is 0. The van der Waals surface area contributed by atoms with Crippen LogP contribution in [0.25, 0.3) is 0 Å². The maximum absolute atomic E-state index is 12.6. The number of carbonyl (C=O) groups is 2. The van der Waals surface area contributed by atoms with Gasteiger partial charge in [-0.2, -0.15) is 0 Å². The van der Waals surface area contributed by atoms with Crippen molar-refractivity contribution in [1.82, 2.24) is 10.2 Å². The number of carbonyl (C=O) groups excluding carboxylic acids is 2. The van der Waals surface area contributed by atoms with Crippen LogP contribution >= 0.6 is 0 Å². The van der Waals surface area contributed by atoms with Crippen LogP contribution < -0.4 is 10.2 Å². The van der Waals surface area contributed by atoms with Crippen molar-refractivity contribution >= 4 is 23.2 Å². The minimum atomic E-state index is -0.462. The molecule has 1 N–H and O–H groups in total. The highest BCUT2D eigenvalue weighted by molar-refractivity contribution is 5.95. The van der Waals surface area contributed by atoms with Gasteiger partial charge in [0.05, 0.1) is 4.92 Å². The molecule has 2 aromatic rings. The molecule has 0 bridgehead atoms. The van der Waals surface area contributed by atoms with Gasteiger partial charge in [-0.1, -0.05) is 37.3 Å². The van der Waals surface area contributed by atoms with Crippen LogP contribution in [0.3, 0.4) is 0 Å². The van der Waals surface area contributed by atoms with Crippen molar-refractivity contribution in [3.63, 3.8) is 0 Å². The van der Waals surface area contributed by atoms with Crippen molar-refractivity contribution in [3.05, 3.63) is 69.8 Å². The van der Waals surface area contributed by atoms with Crippen molar-refractivity contribution in [2.45, 2.75) is 19.8 Å². The van der Waals surface area contributed by atoms with E-state index in [9.17, 15) is 19.7 Å². The molecule has 8 nitrogen and oxygen atoms in total. The molecule has 0 aromatic heterocycles. The van der Waals surface area contributed by atoms with E-state index in [2.05, 4.69) is 5.32 Å². The summed E-state index contributed by atoms with van der Waals surface area (Å²) in [5, 5.41) is 14.5. The van der Waals surface area contributed by atoms with Crippen LogP contribution in [0.4, 0.5) is 11.4 Å². The topological polar surface area (TPSA) is 95.8 Å². The van der Waals surface area contributed by atoms with Crippen molar-refractivity contribution in [2.24, 2.45) is 0 Å². The molecule has 0 saturated carbocycles. The SMILES string of the molecule is CC(=O)N1CCN(c2ccc(C(=O)NC[C@@H](C)c3ccccc3)cc2[N+](=O)[O-])CC1. The summed E-state index contributed by atoms with van der Waals surface area (Å²) in [6.45, 7) is 6.04. The fourth-order valence-electron chi connectivity index (χ4n) is 3.59. The van der Waals surface area contributed by atoms with Gasteiger partial charge in [-0.15, -0.1) is 0 Å². The first-order valence-corrected chi connectivity index (χ1v) is 9.99. The fourth-order valence-corrected chi connectivity index (χ4v) is 3.59. The molecule has 1 heterocycles. The van der Waals surface area contributed by atoms with Gasteiger partial charge in [-0.3, -0.25) is 19.7 Å². The van der Waals surface area contributed by atoms with Gasteiger partial charge in [0.1, 0.15) is 5.69 Å². The van der Waals surface area contributed by atoms with Gasteiger partial charge in [-0.05, 0) is 23.6 Å². The highest BCUT2D eigenvalue weighted by Gasteiger charge is 2.26. The van der Waals surface area contributed by atoms with Crippen LogP contribution in [0.1, 0.15) is 35.7 Å². The molecular formula is C22H26N4O4. The number of rotatable bonds is 6. The zero-order valence-electron chi connectivity index (χ0n) is 17.2. The average molecular weight is 410 g/mol. The second-order valence-corrected chi connectivity index (χ2v) is 7.48. The van der Waals surface area contributed by atoms with Crippen LogP contribution in [0.5, 0.6) is 0 Å². The highest BCUT2D eigenvalue weighted by Crippen LogP contribution is 2.30. The number of amides is 2. The van der Waals surface area contributed by atoms with Gasteiger partial charge in [0.2, 0.25) is 5.91 Å². The summed E-state index contributed by atoms with van der Waals surface area (Å²) in [5.41, 5.74) is 1.74. The molecule has 2 aromatic carbocycles. The molecule has 8 heteroatoms.